The van der Waals surface area contributed by atoms with E-state index in [-0.39, 0.29) is 5.82 Å². The van der Waals surface area contributed by atoms with Gasteiger partial charge in [-0.05, 0) is 55.5 Å². The molecule has 0 radical (unpaired) electrons. The van der Waals surface area contributed by atoms with Crippen LogP contribution in [0.1, 0.15) is 25.7 Å². The Balaban J connectivity index is 1.97. The van der Waals surface area contributed by atoms with Crippen LogP contribution in [0.15, 0.2) is 24.3 Å². The zero-order chi connectivity index (χ0) is 13.0. The molecule has 2 unspecified atom stereocenters. The Morgan fingerprint density at radius 1 is 1.17 bits per heavy atom. The van der Waals surface area contributed by atoms with Crippen LogP contribution in [0.2, 0.25) is 0 Å². The standard InChI is InChI=1S/C15H23FN2/c1-18(15-8-6-14(16)7-9-15)11-13-5-3-2-4-12(13)10-17/h6-9,12-13H,2-5,10-11,17H2,1H3. The molecule has 2 atom stereocenters. The van der Waals surface area contributed by atoms with Crippen molar-refractivity contribution in [3.05, 3.63) is 30.1 Å². The second-order valence-electron chi connectivity index (χ2n) is 5.40. The molecule has 1 aliphatic rings. The highest BCUT2D eigenvalue weighted by Crippen LogP contribution is 2.30. The van der Waals surface area contributed by atoms with Gasteiger partial charge in [0.15, 0.2) is 0 Å². The summed E-state index contributed by atoms with van der Waals surface area (Å²) in [5, 5.41) is 0. The summed E-state index contributed by atoms with van der Waals surface area (Å²) in [4.78, 5) is 2.22. The highest BCUT2D eigenvalue weighted by molar-refractivity contribution is 5.45. The molecule has 2 N–H and O–H groups in total. The second-order valence-corrected chi connectivity index (χ2v) is 5.40. The Bertz CT molecular complexity index is 363. The minimum absolute atomic E-state index is 0.176. The number of benzene rings is 1. The molecule has 2 nitrogen and oxygen atoms in total. The fourth-order valence-corrected chi connectivity index (χ4v) is 2.99. The molecule has 0 bridgehead atoms. The van der Waals surface area contributed by atoms with E-state index in [0.717, 1.165) is 18.8 Å². The molecule has 0 aliphatic heterocycles. The summed E-state index contributed by atoms with van der Waals surface area (Å²) in [5.41, 5.74) is 6.94. The average molecular weight is 250 g/mol. The molecule has 0 amide bonds. The van der Waals surface area contributed by atoms with Gasteiger partial charge in [-0.15, -0.1) is 0 Å². The molecule has 0 aromatic heterocycles. The lowest BCUT2D eigenvalue weighted by Gasteiger charge is -2.34. The van der Waals surface area contributed by atoms with Crippen molar-refractivity contribution in [3.8, 4) is 0 Å². The van der Waals surface area contributed by atoms with Crippen molar-refractivity contribution in [1.29, 1.82) is 0 Å². The van der Waals surface area contributed by atoms with Gasteiger partial charge < -0.3 is 10.6 Å². The van der Waals surface area contributed by atoms with Crippen molar-refractivity contribution in [2.75, 3.05) is 25.0 Å². The number of halogens is 1. The molecule has 1 aromatic rings. The van der Waals surface area contributed by atoms with Crippen LogP contribution in [0.25, 0.3) is 0 Å². The van der Waals surface area contributed by atoms with Gasteiger partial charge in [0.2, 0.25) is 0 Å². The third-order valence-electron chi connectivity index (χ3n) is 4.15. The molecule has 1 aromatic carbocycles. The number of anilines is 1. The molecule has 1 saturated carbocycles. The summed E-state index contributed by atoms with van der Waals surface area (Å²) < 4.78 is 12.9. The first-order valence-electron chi connectivity index (χ1n) is 6.87. The molecule has 3 heteroatoms. The average Bonchev–Trinajstić information content (AvgIpc) is 2.40. The summed E-state index contributed by atoms with van der Waals surface area (Å²) in [6.07, 6.45) is 5.17. The van der Waals surface area contributed by atoms with Crippen LogP contribution in [-0.2, 0) is 0 Å². The number of hydrogen-bond acceptors (Lipinski definition) is 2. The topological polar surface area (TPSA) is 29.3 Å². The quantitative estimate of drug-likeness (QED) is 0.890. The first-order valence-corrected chi connectivity index (χ1v) is 6.87. The molecule has 1 fully saturated rings. The first kappa shape index (κ1) is 13.3. The second kappa shape index (κ2) is 6.19. The Hall–Kier alpha value is -1.09. The molecule has 1 aliphatic carbocycles. The van der Waals surface area contributed by atoms with Crippen molar-refractivity contribution >= 4 is 5.69 Å². The fourth-order valence-electron chi connectivity index (χ4n) is 2.99. The number of nitrogens with two attached hydrogens (primary N) is 1. The maximum Gasteiger partial charge on any atom is 0.123 e. The SMILES string of the molecule is CN(CC1CCCCC1CN)c1ccc(F)cc1. The highest BCUT2D eigenvalue weighted by Gasteiger charge is 2.24. The normalized spacial score (nSPS) is 23.9. The Kier molecular flexibility index (Phi) is 4.59. The fraction of sp³-hybridized carbons (Fsp3) is 0.600. The van der Waals surface area contributed by atoms with E-state index < -0.39 is 0 Å². The van der Waals surface area contributed by atoms with E-state index in [1.165, 1.54) is 37.8 Å². The Morgan fingerprint density at radius 3 is 2.39 bits per heavy atom. The smallest absolute Gasteiger partial charge is 0.123 e. The van der Waals surface area contributed by atoms with Crippen LogP contribution >= 0.6 is 0 Å². The van der Waals surface area contributed by atoms with Crippen molar-refractivity contribution in [2.45, 2.75) is 25.7 Å². The molecule has 0 spiro atoms. The Morgan fingerprint density at radius 2 is 1.78 bits per heavy atom. The minimum atomic E-state index is -0.176. The molecular formula is C15H23FN2. The van der Waals surface area contributed by atoms with Gasteiger partial charge in [-0.25, -0.2) is 4.39 Å². The maximum absolute atomic E-state index is 12.9. The van der Waals surface area contributed by atoms with Gasteiger partial charge in [0.1, 0.15) is 5.82 Å². The van der Waals surface area contributed by atoms with Crippen molar-refractivity contribution in [2.24, 2.45) is 17.6 Å². The van der Waals surface area contributed by atoms with Gasteiger partial charge in [-0.3, -0.25) is 0 Å². The molecule has 0 heterocycles. The van der Waals surface area contributed by atoms with E-state index in [1.54, 1.807) is 0 Å². The summed E-state index contributed by atoms with van der Waals surface area (Å²) in [7, 11) is 2.08. The highest BCUT2D eigenvalue weighted by atomic mass is 19.1. The zero-order valence-electron chi connectivity index (χ0n) is 11.1. The van der Waals surface area contributed by atoms with Gasteiger partial charge >= 0.3 is 0 Å². The third kappa shape index (κ3) is 3.22. The van der Waals surface area contributed by atoms with Crippen LogP contribution in [-0.4, -0.2) is 20.1 Å². The number of hydrogen-bond donors (Lipinski definition) is 1. The third-order valence-corrected chi connectivity index (χ3v) is 4.15. The summed E-state index contributed by atoms with van der Waals surface area (Å²) >= 11 is 0. The molecular weight excluding hydrogens is 227 g/mol. The molecule has 18 heavy (non-hydrogen) atoms. The van der Waals surface area contributed by atoms with Crippen LogP contribution in [0.3, 0.4) is 0 Å². The van der Waals surface area contributed by atoms with Crippen molar-refractivity contribution in [3.63, 3.8) is 0 Å². The predicted octanol–water partition coefficient (Wildman–Crippen LogP) is 3.03. The van der Waals surface area contributed by atoms with E-state index in [1.807, 2.05) is 12.1 Å². The summed E-state index contributed by atoms with van der Waals surface area (Å²) in [5.74, 6) is 1.16. The van der Waals surface area contributed by atoms with Gasteiger partial charge in [0.25, 0.3) is 0 Å². The van der Waals surface area contributed by atoms with Crippen LogP contribution in [0.4, 0.5) is 10.1 Å². The summed E-state index contributed by atoms with van der Waals surface area (Å²) in [6.45, 7) is 1.81. The van der Waals surface area contributed by atoms with E-state index in [2.05, 4.69) is 11.9 Å². The van der Waals surface area contributed by atoms with E-state index >= 15 is 0 Å². The predicted molar refractivity (Wildman–Crippen MR) is 74.2 cm³/mol. The van der Waals surface area contributed by atoms with Crippen molar-refractivity contribution in [1.82, 2.24) is 0 Å². The zero-order valence-corrected chi connectivity index (χ0v) is 11.1. The van der Waals surface area contributed by atoms with Crippen LogP contribution in [0.5, 0.6) is 0 Å². The lowest BCUT2D eigenvalue weighted by Crippen LogP contribution is -2.35. The van der Waals surface area contributed by atoms with Crippen molar-refractivity contribution < 1.29 is 4.39 Å². The van der Waals surface area contributed by atoms with Crippen LogP contribution in [0, 0.1) is 17.7 Å². The van der Waals surface area contributed by atoms with Gasteiger partial charge in [0.05, 0.1) is 0 Å². The van der Waals surface area contributed by atoms with Gasteiger partial charge in [0, 0.05) is 19.3 Å². The van der Waals surface area contributed by atoms with Crippen LogP contribution < -0.4 is 10.6 Å². The molecule has 100 valence electrons. The Labute approximate surface area is 109 Å². The van der Waals surface area contributed by atoms with Gasteiger partial charge in [-0.1, -0.05) is 12.8 Å². The largest absolute Gasteiger partial charge is 0.374 e. The van der Waals surface area contributed by atoms with E-state index in [0.29, 0.717) is 11.8 Å². The maximum atomic E-state index is 12.9. The monoisotopic (exact) mass is 250 g/mol. The number of rotatable bonds is 4. The lowest BCUT2D eigenvalue weighted by molar-refractivity contribution is 0.248. The summed E-state index contributed by atoms with van der Waals surface area (Å²) in [6, 6.07) is 6.73. The van der Waals surface area contributed by atoms with Gasteiger partial charge in [-0.2, -0.15) is 0 Å². The minimum Gasteiger partial charge on any atom is -0.374 e. The number of nitrogens with zero attached hydrogens (tertiary/aromatic N) is 1. The lowest BCUT2D eigenvalue weighted by atomic mass is 9.79. The molecule has 2 rings (SSSR count). The first-order chi connectivity index (χ1) is 8.70. The van der Waals surface area contributed by atoms with E-state index in [9.17, 15) is 4.39 Å². The van der Waals surface area contributed by atoms with E-state index in [4.69, 9.17) is 5.73 Å². The molecule has 0 saturated heterocycles.